The van der Waals surface area contributed by atoms with Crippen LogP contribution in [-0.2, 0) is 24.9 Å². The summed E-state index contributed by atoms with van der Waals surface area (Å²) < 4.78 is 13.4. The van der Waals surface area contributed by atoms with Gasteiger partial charge in [-0.2, -0.15) is 5.10 Å². The molecule has 1 aliphatic rings. The highest BCUT2D eigenvalue weighted by molar-refractivity contribution is 5.81. The molecule has 1 aromatic heterocycles. The quantitative estimate of drug-likeness (QED) is 0.311. The number of benzene rings is 3. The van der Waals surface area contributed by atoms with E-state index in [-0.39, 0.29) is 11.8 Å². The van der Waals surface area contributed by atoms with Gasteiger partial charge in [0.1, 0.15) is 17.2 Å². The van der Waals surface area contributed by atoms with Crippen LogP contribution < -0.4 is 9.47 Å². The molecule has 178 valence electrons. The first-order chi connectivity index (χ1) is 17.1. The number of carbonyl (C=O) groups is 1. The van der Waals surface area contributed by atoms with E-state index in [9.17, 15) is 4.79 Å². The van der Waals surface area contributed by atoms with Crippen molar-refractivity contribution in [2.45, 2.75) is 25.9 Å². The lowest BCUT2D eigenvalue weighted by Gasteiger charge is -2.24. The van der Waals surface area contributed by atoms with Gasteiger partial charge in [0.25, 0.3) is 0 Å². The molecule has 0 unspecified atom stereocenters. The van der Waals surface area contributed by atoms with Gasteiger partial charge in [-0.3, -0.25) is 4.79 Å². The van der Waals surface area contributed by atoms with E-state index in [0.29, 0.717) is 24.7 Å². The van der Waals surface area contributed by atoms with Crippen LogP contribution in [0.15, 0.2) is 84.9 Å². The minimum absolute atomic E-state index is 0.113. The fraction of sp³-hybridized carbons (Fsp3) is 0.241. The van der Waals surface area contributed by atoms with E-state index in [2.05, 4.69) is 12.1 Å². The predicted molar refractivity (Wildman–Crippen MR) is 135 cm³/mol. The van der Waals surface area contributed by atoms with Gasteiger partial charge in [-0.25, -0.2) is 4.68 Å². The van der Waals surface area contributed by atoms with Crippen molar-refractivity contribution in [3.05, 3.63) is 96.1 Å². The zero-order valence-electron chi connectivity index (χ0n) is 20.1. The average Bonchev–Trinajstić information content (AvgIpc) is 3.71. The molecule has 0 radical (unpaired) electrons. The molecule has 1 aliphatic carbocycles. The van der Waals surface area contributed by atoms with Crippen LogP contribution in [0, 0.1) is 5.92 Å². The van der Waals surface area contributed by atoms with Gasteiger partial charge in [0.2, 0.25) is 11.8 Å². The largest absolute Gasteiger partial charge is 0.497 e. The second kappa shape index (κ2) is 10.1. The molecular weight excluding hydrogens is 438 g/mol. The molecule has 4 aromatic rings. The Kier molecular flexibility index (Phi) is 6.53. The van der Waals surface area contributed by atoms with Crippen molar-refractivity contribution >= 4 is 5.91 Å². The maximum atomic E-state index is 13.4. The molecular formula is C29H29N3O3. The molecule has 0 saturated heterocycles. The molecule has 35 heavy (non-hydrogen) atoms. The SMILES string of the molecule is COc1ccc(Oc2c(CN(Cc3ccccc3)C(=O)C3CC3)c(-c3ccccc3)nn2C)cc1. The summed E-state index contributed by atoms with van der Waals surface area (Å²) in [5.74, 6) is 2.36. The Morgan fingerprint density at radius 1 is 0.914 bits per heavy atom. The Hall–Kier alpha value is -4.06. The topological polar surface area (TPSA) is 56.6 Å². The number of aryl methyl sites for hydroxylation is 1. The van der Waals surface area contributed by atoms with Gasteiger partial charge in [-0.15, -0.1) is 0 Å². The summed E-state index contributed by atoms with van der Waals surface area (Å²) >= 11 is 0. The van der Waals surface area contributed by atoms with Crippen molar-refractivity contribution in [3.63, 3.8) is 0 Å². The first-order valence-corrected chi connectivity index (χ1v) is 11.9. The lowest BCUT2D eigenvalue weighted by molar-refractivity contribution is -0.133. The highest BCUT2D eigenvalue weighted by atomic mass is 16.5. The number of rotatable bonds is 9. The monoisotopic (exact) mass is 467 g/mol. The number of amides is 1. The number of carbonyl (C=O) groups excluding carboxylic acids is 1. The molecule has 0 aliphatic heterocycles. The summed E-state index contributed by atoms with van der Waals surface area (Å²) in [6.07, 6.45) is 1.91. The molecule has 1 saturated carbocycles. The lowest BCUT2D eigenvalue weighted by Crippen LogP contribution is -2.31. The minimum atomic E-state index is 0.113. The predicted octanol–water partition coefficient (Wildman–Crippen LogP) is 5.83. The average molecular weight is 468 g/mol. The van der Waals surface area contributed by atoms with Crippen molar-refractivity contribution in [3.8, 4) is 28.6 Å². The second-order valence-corrected chi connectivity index (χ2v) is 8.85. The first-order valence-electron chi connectivity index (χ1n) is 11.9. The Bertz CT molecular complexity index is 1280. The second-order valence-electron chi connectivity index (χ2n) is 8.85. The van der Waals surface area contributed by atoms with Crippen LogP contribution in [-0.4, -0.2) is 27.7 Å². The fourth-order valence-electron chi connectivity index (χ4n) is 4.20. The van der Waals surface area contributed by atoms with Gasteiger partial charge < -0.3 is 14.4 Å². The third-order valence-corrected chi connectivity index (χ3v) is 6.21. The van der Waals surface area contributed by atoms with Crippen molar-refractivity contribution in [2.75, 3.05) is 7.11 Å². The maximum absolute atomic E-state index is 13.4. The summed E-state index contributed by atoms with van der Waals surface area (Å²) in [5.41, 5.74) is 3.79. The summed E-state index contributed by atoms with van der Waals surface area (Å²) in [4.78, 5) is 15.3. The number of hydrogen-bond acceptors (Lipinski definition) is 4. The van der Waals surface area contributed by atoms with E-state index in [1.165, 1.54) is 0 Å². The van der Waals surface area contributed by atoms with Gasteiger partial charge in [0.15, 0.2) is 0 Å². The molecule has 5 rings (SSSR count). The van der Waals surface area contributed by atoms with Crippen LogP contribution in [0.4, 0.5) is 0 Å². The zero-order valence-corrected chi connectivity index (χ0v) is 20.1. The van der Waals surface area contributed by atoms with E-state index < -0.39 is 0 Å². The molecule has 0 N–H and O–H groups in total. The summed E-state index contributed by atoms with van der Waals surface area (Å²) in [6.45, 7) is 0.953. The van der Waals surface area contributed by atoms with E-state index in [1.54, 1.807) is 11.8 Å². The lowest BCUT2D eigenvalue weighted by atomic mass is 10.1. The molecule has 1 fully saturated rings. The first kappa shape index (κ1) is 22.7. The highest BCUT2D eigenvalue weighted by Crippen LogP contribution is 2.37. The fourth-order valence-corrected chi connectivity index (χ4v) is 4.20. The number of nitrogens with zero attached hydrogens (tertiary/aromatic N) is 3. The Morgan fingerprint density at radius 2 is 1.54 bits per heavy atom. The van der Waals surface area contributed by atoms with E-state index in [1.807, 2.05) is 84.7 Å². The number of methoxy groups -OCH3 is 1. The van der Waals surface area contributed by atoms with Crippen molar-refractivity contribution in [2.24, 2.45) is 13.0 Å². The minimum Gasteiger partial charge on any atom is -0.497 e. The third-order valence-electron chi connectivity index (χ3n) is 6.21. The van der Waals surface area contributed by atoms with Crippen LogP contribution in [0.1, 0.15) is 24.0 Å². The number of aromatic nitrogens is 2. The van der Waals surface area contributed by atoms with E-state index in [0.717, 1.165) is 41.0 Å². The Balaban J connectivity index is 1.53. The summed E-state index contributed by atoms with van der Waals surface area (Å²) in [6, 6.07) is 27.6. The zero-order chi connectivity index (χ0) is 24.2. The van der Waals surface area contributed by atoms with Crippen LogP contribution in [0.5, 0.6) is 17.4 Å². The van der Waals surface area contributed by atoms with Crippen molar-refractivity contribution < 1.29 is 14.3 Å². The van der Waals surface area contributed by atoms with Crippen molar-refractivity contribution in [1.82, 2.24) is 14.7 Å². The van der Waals surface area contributed by atoms with Crippen molar-refractivity contribution in [1.29, 1.82) is 0 Å². The summed E-state index contributed by atoms with van der Waals surface area (Å²) in [5, 5.41) is 4.82. The van der Waals surface area contributed by atoms with Gasteiger partial charge in [-0.1, -0.05) is 60.7 Å². The third kappa shape index (κ3) is 5.22. The van der Waals surface area contributed by atoms with Gasteiger partial charge >= 0.3 is 0 Å². The number of ether oxygens (including phenoxy) is 2. The standard InChI is InChI=1S/C29H29N3O3/c1-31-29(35-25-17-15-24(34-2)16-18-25)26(27(30-31)22-11-7-4-8-12-22)20-32(28(33)23-13-14-23)19-21-9-5-3-6-10-21/h3-12,15-18,23H,13-14,19-20H2,1-2H3. The summed E-state index contributed by atoms with van der Waals surface area (Å²) in [7, 11) is 3.51. The maximum Gasteiger partial charge on any atom is 0.226 e. The molecule has 0 bridgehead atoms. The van der Waals surface area contributed by atoms with Crippen LogP contribution in [0.2, 0.25) is 0 Å². The van der Waals surface area contributed by atoms with Gasteiger partial charge in [0, 0.05) is 25.1 Å². The van der Waals surface area contributed by atoms with Crippen LogP contribution in [0.25, 0.3) is 11.3 Å². The number of hydrogen-bond donors (Lipinski definition) is 0. The Labute approximate surface area is 205 Å². The molecule has 0 atom stereocenters. The van der Waals surface area contributed by atoms with Gasteiger partial charge in [-0.05, 0) is 42.7 Å². The Morgan fingerprint density at radius 3 is 2.17 bits per heavy atom. The highest BCUT2D eigenvalue weighted by Gasteiger charge is 2.35. The molecule has 0 spiro atoms. The molecule has 6 nitrogen and oxygen atoms in total. The van der Waals surface area contributed by atoms with Gasteiger partial charge in [0.05, 0.1) is 19.2 Å². The molecule has 1 heterocycles. The normalized spacial score (nSPS) is 12.9. The molecule has 6 heteroatoms. The molecule has 3 aromatic carbocycles. The molecule has 1 amide bonds. The smallest absolute Gasteiger partial charge is 0.226 e. The van der Waals surface area contributed by atoms with Crippen LogP contribution in [0.3, 0.4) is 0 Å². The van der Waals surface area contributed by atoms with E-state index >= 15 is 0 Å². The van der Waals surface area contributed by atoms with E-state index in [4.69, 9.17) is 14.6 Å². The van der Waals surface area contributed by atoms with Crippen LogP contribution >= 0.6 is 0 Å².